The molecule has 1 fully saturated rings. The second kappa shape index (κ2) is 8.64. The van der Waals surface area contributed by atoms with Gasteiger partial charge in [-0.1, -0.05) is 0 Å². The largest absolute Gasteiger partial charge is 0.465 e. The Morgan fingerprint density at radius 1 is 1.52 bits per heavy atom. The van der Waals surface area contributed by atoms with Gasteiger partial charge >= 0.3 is 5.97 Å². The lowest BCUT2D eigenvalue weighted by Gasteiger charge is -2.23. The van der Waals surface area contributed by atoms with E-state index >= 15 is 0 Å². The molecule has 2 N–H and O–H groups in total. The topological polar surface area (TPSA) is 105 Å². The van der Waals surface area contributed by atoms with E-state index < -0.39 is 28.3 Å². The van der Waals surface area contributed by atoms with E-state index in [0.29, 0.717) is 19.4 Å². The monoisotopic (exact) mass is 324 g/mol. The van der Waals surface area contributed by atoms with Crippen LogP contribution in [0.15, 0.2) is 0 Å². The van der Waals surface area contributed by atoms with Crippen LogP contribution < -0.4 is 4.72 Å². The molecule has 1 aliphatic rings. The molecule has 124 valence electrons. The number of rotatable bonds is 9. The van der Waals surface area contributed by atoms with E-state index in [1.807, 2.05) is 0 Å². The van der Waals surface area contributed by atoms with Crippen LogP contribution in [-0.4, -0.2) is 69.4 Å². The fraction of sp³-hybridized carbons (Fsp3) is 0.917. The zero-order chi connectivity index (χ0) is 15.9. The van der Waals surface area contributed by atoms with Crippen LogP contribution in [0.3, 0.4) is 0 Å². The number of carbonyl (C=O) groups excluding carboxylic acids is 1. The van der Waals surface area contributed by atoms with E-state index in [1.165, 1.54) is 7.11 Å². The molecule has 8 nitrogen and oxygen atoms in total. The Morgan fingerprint density at radius 3 is 2.86 bits per heavy atom. The molecule has 2 atom stereocenters. The van der Waals surface area contributed by atoms with Crippen LogP contribution in [-0.2, 0) is 24.5 Å². The number of methoxy groups -OCH3 is 1. The minimum absolute atomic E-state index is 0.0822. The summed E-state index contributed by atoms with van der Waals surface area (Å²) in [5.74, 6) is -0.514. The molecule has 0 amide bonds. The van der Waals surface area contributed by atoms with Crippen LogP contribution in [0.25, 0.3) is 0 Å². The summed E-state index contributed by atoms with van der Waals surface area (Å²) >= 11 is 0. The van der Waals surface area contributed by atoms with Gasteiger partial charge in [-0.15, -0.1) is 0 Å². The Labute approximate surface area is 125 Å². The van der Waals surface area contributed by atoms with Crippen molar-refractivity contribution in [2.45, 2.75) is 38.3 Å². The molecule has 0 aromatic heterocycles. The fourth-order valence-corrected chi connectivity index (χ4v) is 3.65. The summed E-state index contributed by atoms with van der Waals surface area (Å²) in [5, 5.41) is 9.47. The highest BCUT2D eigenvalue weighted by Gasteiger charge is 2.39. The summed E-state index contributed by atoms with van der Waals surface area (Å²) in [6.07, 6.45) is 0.602. The lowest BCUT2D eigenvalue weighted by Crippen LogP contribution is -2.47. The lowest BCUT2D eigenvalue weighted by molar-refractivity contribution is -0.146. The zero-order valence-electron chi connectivity index (χ0n) is 12.4. The first kappa shape index (κ1) is 18.3. The van der Waals surface area contributed by atoms with Crippen molar-refractivity contribution < 1.29 is 27.8 Å². The average molecular weight is 324 g/mol. The van der Waals surface area contributed by atoms with Crippen molar-refractivity contribution in [1.82, 2.24) is 9.03 Å². The highest BCUT2D eigenvalue weighted by molar-refractivity contribution is 7.87. The van der Waals surface area contributed by atoms with Gasteiger partial charge in [-0.2, -0.15) is 12.7 Å². The maximum atomic E-state index is 12.2. The van der Waals surface area contributed by atoms with E-state index in [9.17, 15) is 18.3 Å². The number of nitrogens with one attached hydrogen (secondary N) is 1. The van der Waals surface area contributed by atoms with Gasteiger partial charge in [-0.3, -0.25) is 4.79 Å². The van der Waals surface area contributed by atoms with Gasteiger partial charge in [0.05, 0.1) is 19.3 Å². The molecule has 0 aliphatic carbocycles. The second-order valence-corrected chi connectivity index (χ2v) is 6.53. The quantitative estimate of drug-likeness (QED) is 0.541. The van der Waals surface area contributed by atoms with E-state index in [-0.39, 0.29) is 26.2 Å². The SMILES string of the molecule is CCOC(=O)C1CCCN1S(=O)(=O)NCCC(O)COC. The minimum atomic E-state index is -3.75. The Bertz CT molecular complexity index is 427. The molecular weight excluding hydrogens is 300 g/mol. The molecule has 21 heavy (non-hydrogen) atoms. The van der Waals surface area contributed by atoms with Crippen molar-refractivity contribution in [3.8, 4) is 0 Å². The molecule has 1 heterocycles. The summed E-state index contributed by atoms with van der Waals surface area (Å²) in [4.78, 5) is 11.8. The molecule has 0 saturated carbocycles. The molecule has 0 bridgehead atoms. The van der Waals surface area contributed by atoms with Crippen LogP contribution >= 0.6 is 0 Å². The summed E-state index contributed by atoms with van der Waals surface area (Å²) in [7, 11) is -2.29. The number of nitrogens with zero attached hydrogens (tertiary/aromatic N) is 1. The molecule has 9 heteroatoms. The average Bonchev–Trinajstić information content (AvgIpc) is 2.89. The van der Waals surface area contributed by atoms with E-state index in [1.54, 1.807) is 6.92 Å². The van der Waals surface area contributed by atoms with Crippen LogP contribution in [0, 0.1) is 0 Å². The maximum Gasteiger partial charge on any atom is 0.324 e. The van der Waals surface area contributed by atoms with E-state index in [0.717, 1.165) is 4.31 Å². The number of hydrogen-bond donors (Lipinski definition) is 2. The molecule has 0 spiro atoms. The number of esters is 1. The van der Waals surface area contributed by atoms with Crippen molar-refractivity contribution >= 4 is 16.2 Å². The van der Waals surface area contributed by atoms with Gasteiger partial charge in [0.25, 0.3) is 10.2 Å². The molecule has 1 aliphatic heterocycles. The normalized spacial score (nSPS) is 21.4. The molecule has 2 unspecified atom stereocenters. The number of carbonyl (C=O) groups is 1. The Balaban J connectivity index is 2.54. The van der Waals surface area contributed by atoms with Crippen molar-refractivity contribution in [3.05, 3.63) is 0 Å². The predicted octanol–water partition coefficient (Wildman–Crippen LogP) is -0.754. The summed E-state index contributed by atoms with van der Waals surface area (Å²) in [6, 6.07) is -0.758. The van der Waals surface area contributed by atoms with Crippen molar-refractivity contribution in [1.29, 1.82) is 0 Å². The van der Waals surface area contributed by atoms with Crippen LogP contribution in [0.1, 0.15) is 26.2 Å². The molecule has 1 rings (SSSR count). The Hall–Kier alpha value is -0.740. The Kier molecular flexibility index (Phi) is 7.53. The third kappa shape index (κ3) is 5.51. The van der Waals surface area contributed by atoms with Gasteiger partial charge in [0.15, 0.2) is 0 Å². The second-order valence-electron chi connectivity index (χ2n) is 4.82. The van der Waals surface area contributed by atoms with Gasteiger partial charge in [0, 0.05) is 20.2 Å². The van der Waals surface area contributed by atoms with E-state index in [2.05, 4.69) is 4.72 Å². The van der Waals surface area contributed by atoms with Crippen molar-refractivity contribution in [2.24, 2.45) is 0 Å². The number of ether oxygens (including phenoxy) is 2. The van der Waals surface area contributed by atoms with Gasteiger partial charge < -0.3 is 14.6 Å². The third-order valence-electron chi connectivity index (χ3n) is 3.19. The molecule has 0 aromatic carbocycles. The lowest BCUT2D eigenvalue weighted by atomic mass is 10.2. The van der Waals surface area contributed by atoms with Crippen LogP contribution in [0.5, 0.6) is 0 Å². The fourth-order valence-electron chi connectivity index (χ4n) is 2.22. The Morgan fingerprint density at radius 2 is 2.24 bits per heavy atom. The summed E-state index contributed by atoms with van der Waals surface area (Å²) < 4.78 is 37.6. The van der Waals surface area contributed by atoms with Gasteiger partial charge in [0.2, 0.25) is 0 Å². The van der Waals surface area contributed by atoms with Crippen molar-refractivity contribution in [3.63, 3.8) is 0 Å². The molecule has 0 radical (unpaired) electrons. The van der Waals surface area contributed by atoms with Gasteiger partial charge in [-0.05, 0) is 26.2 Å². The molecule has 1 saturated heterocycles. The zero-order valence-corrected chi connectivity index (χ0v) is 13.3. The first-order valence-corrected chi connectivity index (χ1v) is 8.46. The predicted molar refractivity (Wildman–Crippen MR) is 75.8 cm³/mol. The van der Waals surface area contributed by atoms with Gasteiger partial charge in [-0.25, -0.2) is 4.72 Å². The maximum absolute atomic E-state index is 12.2. The highest BCUT2D eigenvalue weighted by Crippen LogP contribution is 2.21. The summed E-state index contributed by atoms with van der Waals surface area (Å²) in [6.45, 7) is 2.43. The van der Waals surface area contributed by atoms with E-state index in [4.69, 9.17) is 9.47 Å². The number of aliphatic hydroxyl groups excluding tert-OH is 1. The number of aliphatic hydroxyl groups is 1. The van der Waals surface area contributed by atoms with Gasteiger partial charge in [0.1, 0.15) is 6.04 Å². The third-order valence-corrected chi connectivity index (χ3v) is 4.82. The molecular formula is C12H24N2O6S. The summed E-state index contributed by atoms with van der Waals surface area (Å²) in [5.41, 5.74) is 0. The molecule has 0 aromatic rings. The van der Waals surface area contributed by atoms with Crippen LogP contribution in [0.4, 0.5) is 0 Å². The minimum Gasteiger partial charge on any atom is -0.465 e. The smallest absolute Gasteiger partial charge is 0.324 e. The van der Waals surface area contributed by atoms with Crippen molar-refractivity contribution in [2.75, 3.05) is 33.4 Å². The standard InChI is InChI=1S/C12H24N2O6S/c1-3-20-12(16)11-5-4-8-14(11)21(17,18)13-7-6-10(15)9-19-2/h10-11,13,15H,3-9H2,1-2H3. The first-order chi connectivity index (χ1) is 9.92. The highest BCUT2D eigenvalue weighted by atomic mass is 32.2. The first-order valence-electron chi connectivity index (χ1n) is 7.02. The number of hydrogen-bond acceptors (Lipinski definition) is 6. The van der Waals surface area contributed by atoms with Crippen LogP contribution in [0.2, 0.25) is 0 Å².